The third-order valence-electron chi connectivity index (χ3n) is 6.25. The number of amides is 1. The van der Waals surface area contributed by atoms with Gasteiger partial charge in [-0.25, -0.2) is 4.98 Å². The molecule has 0 spiro atoms. The highest BCUT2D eigenvalue weighted by Crippen LogP contribution is 2.33. The summed E-state index contributed by atoms with van der Waals surface area (Å²) in [6.07, 6.45) is 0.474. The summed E-state index contributed by atoms with van der Waals surface area (Å²) in [6, 6.07) is 15.7. The molecule has 9 nitrogen and oxygen atoms in total. The fourth-order valence-corrected chi connectivity index (χ4v) is 5.30. The van der Waals surface area contributed by atoms with Crippen LogP contribution in [0.5, 0.6) is 23.0 Å². The van der Waals surface area contributed by atoms with Crippen molar-refractivity contribution in [3.05, 3.63) is 75.5 Å². The quantitative estimate of drug-likeness (QED) is 0.179. The number of carbonyl (C=O) groups excluding carboxylic acids is 1. The van der Waals surface area contributed by atoms with E-state index in [1.807, 2.05) is 31.2 Å². The lowest BCUT2D eigenvalue weighted by Gasteiger charge is -2.19. The fraction of sp³-hybridized carbons (Fsp3) is 0.276. The largest absolute Gasteiger partial charge is 0.497 e. The number of aromatic nitrogens is 2. The molecule has 1 amide bonds. The van der Waals surface area contributed by atoms with Crippen molar-refractivity contribution in [2.75, 3.05) is 33.8 Å². The Morgan fingerprint density at radius 2 is 1.62 bits per heavy atom. The summed E-state index contributed by atoms with van der Waals surface area (Å²) in [5.41, 5.74) is 1.49. The minimum absolute atomic E-state index is 0.239. The number of hydrogen-bond donors (Lipinski definition) is 1. The summed E-state index contributed by atoms with van der Waals surface area (Å²) < 4.78 is 23.1. The monoisotopic (exact) mass is 583 g/mol. The second-order valence-corrected chi connectivity index (χ2v) is 10.3. The molecule has 0 aliphatic rings. The molecule has 0 saturated heterocycles. The van der Waals surface area contributed by atoms with Crippen molar-refractivity contribution in [1.82, 2.24) is 9.55 Å². The van der Waals surface area contributed by atoms with Crippen LogP contribution in [-0.2, 0) is 11.3 Å². The first-order valence-corrected chi connectivity index (χ1v) is 13.7. The Bertz CT molecular complexity index is 1580. The van der Waals surface area contributed by atoms with Crippen LogP contribution in [0, 0.1) is 0 Å². The number of halogens is 1. The van der Waals surface area contributed by atoms with Gasteiger partial charge in [0.05, 0.1) is 56.8 Å². The molecule has 4 aromatic rings. The molecule has 0 bridgehead atoms. The lowest BCUT2D eigenvalue weighted by molar-refractivity contribution is -0.115. The first kappa shape index (κ1) is 29.1. The number of nitrogens with one attached hydrogen (secondary N) is 1. The molecular formula is C29H30ClN3O6S. The van der Waals surface area contributed by atoms with Gasteiger partial charge in [-0.2, -0.15) is 0 Å². The highest BCUT2D eigenvalue weighted by molar-refractivity contribution is 8.00. The van der Waals surface area contributed by atoms with E-state index < -0.39 is 5.25 Å². The van der Waals surface area contributed by atoms with Crippen LogP contribution in [-0.4, -0.2) is 49.1 Å². The third-order valence-corrected chi connectivity index (χ3v) is 7.84. The summed E-state index contributed by atoms with van der Waals surface area (Å²) in [5, 5.41) is 3.56. The van der Waals surface area contributed by atoms with Crippen molar-refractivity contribution in [2.45, 2.75) is 30.3 Å². The number of methoxy groups -OCH3 is 4. The molecule has 40 heavy (non-hydrogen) atoms. The molecule has 3 aromatic carbocycles. The number of ether oxygens (including phenoxy) is 4. The third kappa shape index (κ3) is 6.29. The first-order chi connectivity index (χ1) is 19.3. The molecule has 11 heteroatoms. The van der Waals surface area contributed by atoms with Crippen molar-refractivity contribution in [3.63, 3.8) is 0 Å². The SMILES string of the molecule is CC[C@H](Sc1nc2cc(OC)c(OC)cc2c(=O)n1Cc1ccc(OC)cc1)C(=O)Nc1cc(Cl)ccc1OC. The molecule has 1 N–H and O–H groups in total. The van der Waals surface area contributed by atoms with Gasteiger partial charge >= 0.3 is 0 Å². The van der Waals surface area contributed by atoms with Crippen LogP contribution >= 0.6 is 23.4 Å². The van der Waals surface area contributed by atoms with Crippen LogP contribution in [0.15, 0.2) is 64.5 Å². The average Bonchev–Trinajstić information content (AvgIpc) is 2.97. The number of anilines is 1. The van der Waals surface area contributed by atoms with Gasteiger partial charge in [-0.15, -0.1) is 0 Å². The first-order valence-electron chi connectivity index (χ1n) is 12.4. The average molecular weight is 584 g/mol. The summed E-state index contributed by atoms with van der Waals surface area (Å²) in [7, 11) is 6.14. The topological polar surface area (TPSA) is 101 Å². The molecule has 0 radical (unpaired) electrons. The lowest BCUT2D eigenvalue weighted by Crippen LogP contribution is -2.28. The second-order valence-electron chi connectivity index (χ2n) is 8.71. The number of rotatable bonds is 11. The van der Waals surface area contributed by atoms with Gasteiger partial charge in [-0.3, -0.25) is 14.2 Å². The molecule has 0 aliphatic carbocycles. The maximum absolute atomic E-state index is 13.9. The number of benzene rings is 3. The number of thioether (sulfide) groups is 1. The van der Waals surface area contributed by atoms with E-state index in [4.69, 9.17) is 35.5 Å². The Hall–Kier alpha value is -3.89. The normalized spacial score (nSPS) is 11.7. The van der Waals surface area contributed by atoms with E-state index in [1.165, 1.54) is 33.1 Å². The molecule has 1 heterocycles. The summed E-state index contributed by atoms with van der Waals surface area (Å²) in [5.74, 6) is 1.79. The molecule has 0 aliphatic heterocycles. The smallest absolute Gasteiger partial charge is 0.262 e. The van der Waals surface area contributed by atoms with Gasteiger partial charge in [-0.1, -0.05) is 42.4 Å². The van der Waals surface area contributed by atoms with Gasteiger partial charge in [0.1, 0.15) is 11.5 Å². The lowest BCUT2D eigenvalue weighted by atomic mass is 10.2. The minimum atomic E-state index is -0.574. The van der Waals surface area contributed by atoms with Crippen molar-refractivity contribution in [3.8, 4) is 23.0 Å². The van der Waals surface area contributed by atoms with E-state index in [0.29, 0.717) is 56.2 Å². The van der Waals surface area contributed by atoms with Crippen LogP contribution in [0.1, 0.15) is 18.9 Å². The molecule has 1 aromatic heterocycles. The zero-order chi connectivity index (χ0) is 28.8. The van der Waals surface area contributed by atoms with E-state index in [1.54, 1.807) is 42.0 Å². The van der Waals surface area contributed by atoms with Crippen molar-refractivity contribution in [1.29, 1.82) is 0 Å². The molecule has 0 unspecified atom stereocenters. The Kier molecular flexibility index (Phi) is 9.44. The summed E-state index contributed by atoms with van der Waals surface area (Å²) >= 11 is 7.36. The van der Waals surface area contributed by atoms with E-state index in [0.717, 1.165) is 5.56 Å². The standard InChI is InChI=1S/C29H30ClN3O6S/c1-6-26(27(34)31-22-13-18(30)9-12-23(22)37-3)40-29-32-21-15-25(39-5)24(38-4)14-20(21)28(35)33(29)16-17-7-10-19(36-2)11-8-17/h7-15,26H,6,16H2,1-5H3,(H,31,34)/t26-/m0/s1. The molecule has 4 rings (SSSR count). The minimum Gasteiger partial charge on any atom is -0.497 e. The van der Waals surface area contributed by atoms with E-state index in [-0.39, 0.29) is 18.0 Å². The van der Waals surface area contributed by atoms with Gasteiger partial charge in [-0.05, 0) is 48.4 Å². The van der Waals surface area contributed by atoms with Gasteiger partial charge < -0.3 is 24.3 Å². The predicted molar refractivity (Wildman–Crippen MR) is 158 cm³/mol. The van der Waals surface area contributed by atoms with Crippen molar-refractivity contribution >= 4 is 45.9 Å². The van der Waals surface area contributed by atoms with Crippen LogP contribution in [0.3, 0.4) is 0 Å². The van der Waals surface area contributed by atoms with Gasteiger partial charge in [0.25, 0.3) is 5.56 Å². The Labute approximate surface area is 241 Å². The summed E-state index contributed by atoms with van der Waals surface area (Å²) in [4.78, 5) is 32.1. The van der Waals surface area contributed by atoms with Crippen molar-refractivity contribution < 1.29 is 23.7 Å². The highest BCUT2D eigenvalue weighted by atomic mass is 35.5. The molecular weight excluding hydrogens is 554 g/mol. The number of fused-ring (bicyclic) bond motifs is 1. The van der Waals surface area contributed by atoms with Crippen LogP contribution in [0.25, 0.3) is 10.9 Å². The number of hydrogen-bond acceptors (Lipinski definition) is 8. The van der Waals surface area contributed by atoms with Gasteiger partial charge in [0, 0.05) is 11.1 Å². The fourth-order valence-electron chi connectivity index (χ4n) is 4.11. The number of nitrogens with zero attached hydrogens (tertiary/aromatic N) is 2. The zero-order valence-electron chi connectivity index (χ0n) is 22.8. The summed E-state index contributed by atoms with van der Waals surface area (Å²) in [6.45, 7) is 2.13. The van der Waals surface area contributed by atoms with Gasteiger partial charge in [0.2, 0.25) is 5.91 Å². The zero-order valence-corrected chi connectivity index (χ0v) is 24.4. The number of carbonyl (C=O) groups is 1. The molecule has 0 saturated carbocycles. The maximum Gasteiger partial charge on any atom is 0.262 e. The maximum atomic E-state index is 13.9. The molecule has 1 atom stereocenters. The van der Waals surface area contributed by atoms with Crippen LogP contribution < -0.4 is 29.8 Å². The second kappa shape index (κ2) is 13.0. The van der Waals surface area contributed by atoms with Gasteiger partial charge in [0.15, 0.2) is 16.7 Å². The van der Waals surface area contributed by atoms with Crippen LogP contribution in [0.2, 0.25) is 5.02 Å². The molecule has 210 valence electrons. The highest BCUT2D eigenvalue weighted by Gasteiger charge is 2.24. The van der Waals surface area contributed by atoms with Crippen LogP contribution in [0.4, 0.5) is 5.69 Å². The Balaban J connectivity index is 1.77. The Morgan fingerprint density at radius 1 is 0.950 bits per heavy atom. The Morgan fingerprint density at radius 3 is 2.25 bits per heavy atom. The predicted octanol–water partition coefficient (Wildman–Crippen LogP) is 5.64. The van der Waals surface area contributed by atoms with E-state index >= 15 is 0 Å². The van der Waals surface area contributed by atoms with Crippen molar-refractivity contribution in [2.24, 2.45) is 0 Å². The molecule has 0 fully saturated rings. The van der Waals surface area contributed by atoms with E-state index in [9.17, 15) is 9.59 Å². The van der Waals surface area contributed by atoms with E-state index in [2.05, 4.69) is 5.32 Å².